The Morgan fingerprint density at radius 3 is 2.47 bits per heavy atom. The van der Waals surface area contributed by atoms with E-state index in [4.69, 9.17) is 29.6 Å². The highest BCUT2D eigenvalue weighted by atomic mass is 35.5. The van der Waals surface area contributed by atoms with Gasteiger partial charge in [-0.15, -0.1) is 0 Å². The van der Waals surface area contributed by atoms with Crippen LogP contribution in [0.1, 0.15) is 5.56 Å². The number of anilines is 2. The van der Waals surface area contributed by atoms with Gasteiger partial charge in [-0.05, 0) is 30.3 Å². The molecule has 0 bridgehead atoms. The number of hydrogen-bond acceptors (Lipinski definition) is 2. The standard InChI is InChI=1S/C13H9ClF2N2S/c14-7-4-5-10(9(16)6-7)18-11-3-1-2-8(15)12(11)13(17)19/h1-6,18H,(H2,17,19). The van der Waals surface area contributed by atoms with Crippen LogP contribution in [0.5, 0.6) is 0 Å². The third kappa shape index (κ3) is 3.00. The van der Waals surface area contributed by atoms with Gasteiger partial charge in [0.05, 0.1) is 16.9 Å². The van der Waals surface area contributed by atoms with Crippen molar-refractivity contribution in [3.63, 3.8) is 0 Å². The van der Waals surface area contributed by atoms with Crippen LogP contribution in [-0.2, 0) is 0 Å². The van der Waals surface area contributed by atoms with E-state index < -0.39 is 11.6 Å². The topological polar surface area (TPSA) is 38.0 Å². The molecule has 2 rings (SSSR count). The van der Waals surface area contributed by atoms with Crippen molar-refractivity contribution in [2.75, 3.05) is 5.32 Å². The van der Waals surface area contributed by atoms with Gasteiger partial charge in [-0.2, -0.15) is 0 Å². The summed E-state index contributed by atoms with van der Waals surface area (Å²) in [6.07, 6.45) is 0. The lowest BCUT2D eigenvalue weighted by atomic mass is 10.1. The SMILES string of the molecule is NC(=S)c1c(F)cccc1Nc1ccc(Cl)cc1F. The molecule has 0 atom stereocenters. The molecule has 0 fully saturated rings. The highest BCUT2D eigenvalue weighted by Crippen LogP contribution is 2.26. The number of nitrogens with two attached hydrogens (primary N) is 1. The molecular formula is C13H9ClF2N2S. The Balaban J connectivity index is 2.44. The van der Waals surface area contributed by atoms with Gasteiger partial charge in [-0.1, -0.05) is 29.9 Å². The molecule has 0 saturated heterocycles. The van der Waals surface area contributed by atoms with Crippen LogP contribution in [0.4, 0.5) is 20.2 Å². The van der Waals surface area contributed by atoms with Crippen LogP contribution in [0.25, 0.3) is 0 Å². The van der Waals surface area contributed by atoms with Crippen molar-refractivity contribution in [2.24, 2.45) is 5.73 Å². The smallest absolute Gasteiger partial charge is 0.148 e. The summed E-state index contributed by atoms with van der Waals surface area (Å²) in [6.45, 7) is 0. The normalized spacial score (nSPS) is 10.3. The molecule has 0 saturated carbocycles. The lowest BCUT2D eigenvalue weighted by Gasteiger charge is -2.12. The second-order valence-electron chi connectivity index (χ2n) is 3.78. The molecule has 0 aliphatic carbocycles. The zero-order chi connectivity index (χ0) is 14.0. The fourth-order valence-corrected chi connectivity index (χ4v) is 1.98. The van der Waals surface area contributed by atoms with Gasteiger partial charge in [-0.25, -0.2) is 8.78 Å². The summed E-state index contributed by atoms with van der Waals surface area (Å²) >= 11 is 10.4. The van der Waals surface area contributed by atoms with Crippen molar-refractivity contribution in [2.45, 2.75) is 0 Å². The zero-order valence-corrected chi connectivity index (χ0v) is 11.2. The van der Waals surface area contributed by atoms with Gasteiger partial charge in [0.15, 0.2) is 0 Å². The Hall–Kier alpha value is -1.72. The number of hydrogen-bond donors (Lipinski definition) is 2. The van der Waals surface area contributed by atoms with Crippen LogP contribution in [0, 0.1) is 11.6 Å². The Morgan fingerprint density at radius 1 is 1.11 bits per heavy atom. The molecule has 0 aliphatic heterocycles. The molecule has 0 aliphatic rings. The summed E-state index contributed by atoms with van der Waals surface area (Å²) in [5.41, 5.74) is 5.98. The molecule has 0 heterocycles. The first-order valence-corrected chi connectivity index (χ1v) is 6.08. The first-order valence-electron chi connectivity index (χ1n) is 5.29. The number of thiocarbonyl (C=S) groups is 1. The predicted molar refractivity (Wildman–Crippen MR) is 77.0 cm³/mol. The lowest BCUT2D eigenvalue weighted by Crippen LogP contribution is -2.14. The van der Waals surface area contributed by atoms with Crippen molar-refractivity contribution < 1.29 is 8.78 Å². The molecule has 0 unspecified atom stereocenters. The fourth-order valence-electron chi connectivity index (χ4n) is 1.61. The number of nitrogens with one attached hydrogen (secondary N) is 1. The van der Waals surface area contributed by atoms with Gasteiger partial charge in [0.1, 0.15) is 16.6 Å². The maximum atomic E-state index is 13.7. The van der Waals surface area contributed by atoms with E-state index >= 15 is 0 Å². The van der Waals surface area contributed by atoms with E-state index in [1.807, 2.05) is 0 Å². The summed E-state index contributed by atoms with van der Waals surface area (Å²) in [5, 5.41) is 3.02. The average molecular weight is 299 g/mol. The first kappa shape index (κ1) is 13.7. The number of benzene rings is 2. The molecule has 3 N–H and O–H groups in total. The van der Waals surface area contributed by atoms with Gasteiger partial charge >= 0.3 is 0 Å². The van der Waals surface area contributed by atoms with E-state index in [1.165, 1.54) is 24.3 Å². The minimum absolute atomic E-state index is 0.0480. The highest BCUT2D eigenvalue weighted by Gasteiger charge is 2.12. The van der Waals surface area contributed by atoms with E-state index in [-0.39, 0.29) is 21.3 Å². The van der Waals surface area contributed by atoms with E-state index in [0.717, 1.165) is 6.07 Å². The number of rotatable bonds is 3. The summed E-state index contributed by atoms with van der Waals surface area (Å²) < 4.78 is 27.3. The monoisotopic (exact) mass is 298 g/mol. The Morgan fingerprint density at radius 2 is 1.84 bits per heavy atom. The molecule has 19 heavy (non-hydrogen) atoms. The third-order valence-corrected chi connectivity index (χ3v) is 2.90. The van der Waals surface area contributed by atoms with Gasteiger partial charge in [0.25, 0.3) is 0 Å². The van der Waals surface area contributed by atoms with Crippen LogP contribution in [0.2, 0.25) is 5.02 Å². The molecule has 0 aromatic heterocycles. The molecule has 2 aromatic carbocycles. The second-order valence-corrected chi connectivity index (χ2v) is 4.65. The molecule has 0 amide bonds. The molecule has 0 radical (unpaired) electrons. The van der Waals surface area contributed by atoms with E-state index in [1.54, 1.807) is 6.07 Å². The number of halogens is 3. The second kappa shape index (κ2) is 5.50. The maximum absolute atomic E-state index is 13.7. The minimum Gasteiger partial charge on any atom is -0.389 e. The largest absolute Gasteiger partial charge is 0.389 e. The van der Waals surface area contributed by atoms with Crippen LogP contribution >= 0.6 is 23.8 Å². The van der Waals surface area contributed by atoms with E-state index in [2.05, 4.69) is 5.32 Å². The molecule has 6 heteroatoms. The molecule has 98 valence electrons. The molecular weight excluding hydrogens is 290 g/mol. The quantitative estimate of drug-likeness (QED) is 0.841. The first-order chi connectivity index (χ1) is 8.99. The van der Waals surface area contributed by atoms with E-state index in [0.29, 0.717) is 5.69 Å². The minimum atomic E-state index is -0.563. The lowest BCUT2D eigenvalue weighted by molar-refractivity contribution is 0.625. The average Bonchev–Trinajstić information content (AvgIpc) is 2.32. The predicted octanol–water partition coefficient (Wildman–Crippen LogP) is 4.00. The Labute approximate surface area is 119 Å². The fraction of sp³-hybridized carbons (Fsp3) is 0. The van der Waals surface area contributed by atoms with Crippen LogP contribution in [-0.4, -0.2) is 4.99 Å². The van der Waals surface area contributed by atoms with Crippen molar-refractivity contribution >= 4 is 40.2 Å². The Bertz CT molecular complexity index is 647. The van der Waals surface area contributed by atoms with Gasteiger partial charge < -0.3 is 11.1 Å². The van der Waals surface area contributed by atoms with Crippen molar-refractivity contribution in [3.8, 4) is 0 Å². The summed E-state index contributed by atoms with van der Waals surface area (Å²) in [6, 6.07) is 8.40. The van der Waals surface area contributed by atoms with Crippen LogP contribution < -0.4 is 11.1 Å². The van der Waals surface area contributed by atoms with Gasteiger partial charge in [0, 0.05) is 5.02 Å². The van der Waals surface area contributed by atoms with Crippen LogP contribution in [0.3, 0.4) is 0 Å². The molecule has 0 spiro atoms. The summed E-state index contributed by atoms with van der Waals surface area (Å²) in [5.74, 6) is -1.11. The van der Waals surface area contributed by atoms with Gasteiger partial charge in [-0.3, -0.25) is 0 Å². The van der Waals surface area contributed by atoms with Crippen molar-refractivity contribution in [1.29, 1.82) is 0 Å². The molecule has 2 nitrogen and oxygen atoms in total. The third-order valence-electron chi connectivity index (χ3n) is 2.46. The zero-order valence-electron chi connectivity index (χ0n) is 9.58. The van der Waals surface area contributed by atoms with Crippen molar-refractivity contribution in [1.82, 2.24) is 0 Å². The van der Waals surface area contributed by atoms with Crippen LogP contribution in [0.15, 0.2) is 36.4 Å². The maximum Gasteiger partial charge on any atom is 0.148 e. The summed E-state index contributed by atoms with van der Waals surface area (Å²) in [7, 11) is 0. The molecule has 2 aromatic rings. The van der Waals surface area contributed by atoms with Gasteiger partial charge in [0.2, 0.25) is 0 Å². The van der Waals surface area contributed by atoms with E-state index in [9.17, 15) is 8.78 Å². The summed E-state index contributed by atoms with van der Waals surface area (Å²) in [4.78, 5) is -0.102. The van der Waals surface area contributed by atoms with Crippen molar-refractivity contribution in [3.05, 3.63) is 58.6 Å². The Kier molecular flexibility index (Phi) is 3.97. The highest BCUT2D eigenvalue weighted by molar-refractivity contribution is 7.80.